The maximum atomic E-state index is 12.9. The van der Waals surface area contributed by atoms with Crippen LogP contribution in [0.5, 0.6) is 0 Å². The first-order valence-corrected chi connectivity index (χ1v) is 8.77. The van der Waals surface area contributed by atoms with Crippen LogP contribution in [-0.4, -0.2) is 13.7 Å². The van der Waals surface area contributed by atoms with Gasteiger partial charge in [-0.05, 0) is 29.8 Å². The van der Waals surface area contributed by atoms with E-state index in [0.29, 0.717) is 10.6 Å². The van der Waals surface area contributed by atoms with Gasteiger partial charge in [0.05, 0.1) is 17.0 Å². The van der Waals surface area contributed by atoms with Gasteiger partial charge >= 0.3 is 0 Å². The lowest BCUT2D eigenvalue weighted by Gasteiger charge is -2.03. The number of hydrogen-bond acceptors (Lipinski definition) is 4. The Morgan fingerprint density at radius 2 is 1.65 bits per heavy atom. The van der Waals surface area contributed by atoms with Crippen LogP contribution in [0.15, 0.2) is 59.5 Å². The molecule has 1 saturated carbocycles. The fraction of sp³-hybridized carbons (Fsp3) is 0.176. The van der Waals surface area contributed by atoms with Crippen molar-refractivity contribution in [2.75, 3.05) is 0 Å². The molecule has 2 aromatic carbocycles. The third kappa shape index (κ3) is 2.30. The molecule has 114 valence electrons. The van der Waals surface area contributed by atoms with Crippen LogP contribution in [0.1, 0.15) is 11.5 Å². The van der Waals surface area contributed by atoms with Gasteiger partial charge in [0.15, 0.2) is 15.3 Å². The van der Waals surface area contributed by atoms with Crippen LogP contribution < -0.4 is 0 Å². The second-order valence-electron chi connectivity index (χ2n) is 5.40. The SMILES string of the molecule is N#CC1(C#N)[C@H](S(=O)(=O)c2ccccc2)[C@@H]1c1cccc(Cl)c1. The number of sulfone groups is 1. The Labute approximate surface area is 139 Å². The maximum absolute atomic E-state index is 12.9. The molecule has 2 atom stereocenters. The van der Waals surface area contributed by atoms with Crippen LogP contribution in [0.3, 0.4) is 0 Å². The molecule has 1 aliphatic rings. The van der Waals surface area contributed by atoms with E-state index in [1.807, 2.05) is 12.1 Å². The smallest absolute Gasteiger partial charge is 0.184 e. The van der Waals surface area contributed by atoms with Crippen molar-refractivity contribution < 1.29 is 8.42 Å². The molecular formula is C17H11ClN2O2S. The van der Waals surface area contributed by atoms with Gasteiger partial charge in [-0.2, -0.15) is 10.5 Å². The number of rotatable bonds is 3. The first-order valence-electron chi connectivity index (χ1n) is 6.84. The zero-order chi connectivity index (χ0) is 16.7. The molecule has 0 saturated heterocycles. The van der Waals surface area contributed by atoms with Crippen LogP contribution in [0.25, 0.3) is 0 Å². The molecule has 0 radical (unpaired) electrons. The minimum Gasteiger partial charge on any atom is -0.223 e. The molecule has 4 nitrogen and oxygen atoms in total. The molecule has 0 bridgehead atoms. The predicted octanol–water partition coefficient (Wildman–Crippen LogP) is 3.31. The minimum absolute atomic E-state index is 0.115. The first kappa shape index (κ1) is 15.6. The van der Waals surface area contributed by atoms with E-state index in [2.05, 4.69) is 0 Å². The lowest BCUT2D eigenvalue weighted by Crippen LogP contribution is -2.14. The number of nitrogens with zero attached hydrogens (tertiary/aromatic N) is 2. The van der Waals surface area contributed by atoms with E-state index in [1.165, 1.54) is 12.1 Å². The largest absolute Gasteiger partial charge is 0.223 e. The van der Waals surface area contributed by atoms with E-state index in [4.69, 9.17) is 11.6 Å². The summed E-state index contributed by atoms with van der Waals surface area (Å²) in [7, 11) is -3.80. The van der Waals surface area contributed by atoms with Crippen molar-refractivity contribution >= 4 is 21.4 Å². The Kier molecular flexibility index (Phi) is 3.64. The average molecular weight is 343 g/mol. The van der Waals surface area contributed by atoms with Crippen LogP contribution in [0.4, 0.5) is 0 Å². The lowest BCUT2D eigenvalue weighted by atomic mass is 10.0. The standard InChI is InChI=1S/C17H11ClN2O2S/c18-13-6-4-5-12(9-13)15-16(17(15,10-19)11-20)23(21,22)14-7-2-1-3-8-14/h1-9,15-16H/t15-,16+/m0/s1. The van der Waals surface area contributed by atoms with Gasteiger partial charge in [-0.15, -0.1) is 0 Å². The Bertz CT molecular complexity index is 929. The normalized spacial score (nSPS) is 21.9. The molecule has 2 aromatic rings. The third-order valence-electron chi connectivity index (χ3n) is 4.12. The van der Waals surface area contributed by atoms with Crippen LogP contribution in [-0.2, 0) is 9.84 Å². The molecule has 0 heterocycles. The summed E-state index contributed by atoms with van der Waals surface area (Å²) in [5, 5.41) is 18.3. The Morgan fingerprint density at radius 3 is 2.22 bits per heavy atom. The summed E-state index contributed by atoms with van der Waals surface area (Å²) < 4.78 is 25.7. The van der Waals surface area contributed by atoms with E-state index >= 15 is 0 Å². The van der Waals surface area contributed by atoms with Gasteiger partial charge in [0.1, 0.15) is 5.25 Å². The van der Waals surface area contributed by atoms with Gasteiger partial charge in [0, 0.05) is 10.9 Å². The summed E-state index contributed by atoms with van der Waals surface area (Å²) in [5.74, 6) is -0.707. The summed E-state index contributed by atoms with van der Waals surface area (Å²) in [4.78, 5) is 0.115. The van der Waals surface area contributed by atoms with Gasteiger partial charge in [-0.1, -0.05) is 41.9 Å². The third-order valence-corrected chi connectivity index (χ3v) is 6.59. The van der Waals surface area contributed by atoms with Crippen LogP contribution >= 0.6 is 11.6 Å². The van der Waals surface area contributed by atoms with Gasteiger partial charge in [0.25, 0.3) is 0 Å². The van der Waals surface area contributed by atoms with Crippen molar-refractivity contribution in [1.82, 2.24) is 0 Å². The van der Waals surface area contributed by atoms with E-state index in [-0.39, 0.29) is 4.90 Å². The maximum Gasteiger partial charge on any atom is 0.184 e. The van der Waals surface area contributed by atoms with E-state index in [1.54, 1.807) is 42.5 Å². The highest BCUT2D eigenvalue weighted by atomic mass is 35.5. The summed E-state index contributed by atoms with van der Waals surface area (Å²) in [6.07, 6.45) is 0. The molecular weight excluding hydrogens is 332 g/mol. The highest BCUT2D eigenvalue weighted by molar-refractivity contribution is 7.92. The molecule has 0 unspecified atom stereocenters. The second-order valence-corrected chi connectivity index (χ2v) is 7.91. The molecule has 3 rings (SSSR count). The summed E-state index contributed by atoms with van der Waals surface area (Å²) in [5.41, 5.74) is -0.996. The average Bonchev–Trinajstić information content (AvgIpc) is 3.26. The molecule has 0 aromatic heterocycles. The van der Waals surface area contributed by atoms with Crippen molar-refractivity contribution in [3.63, 3.8) is 0 Å². The minimum atomic E-state index is -3.80. The molecule has 0 amide bonds. The Morgan fingerprint density at radius 1 is 1.00 bits per heavy atom. The predicted molar refractivity (Wildman–Crippen MR) is 85.3 cm³/mol. The van der Waals surface area contributed by atoms with Crippen LogP contribution in [0.2, 0.25) is 5.02 Å². The van der Waals surface area contributed by atoms with E-state index in [0.717, 1.165) is 0 Å². The molecule has 0 aliphatic heterocycles. The summed E-state index contributed by atoms with van der Waals surface area (Å²) in [6, 6.07) is 18.4. The van der Waals surface area contributed by atoms with Gasteiger partial charge in [-0.3, -0.25) is 0 Å². The Hall–Kier alpha value is -2.34. The van der Waals surface area contributed by atoms with Gasteiger partial charge < -0.3 is 0 Å². The topological polar surface area (TPSA) is 81.7 Å². The number of halogens is 1. The van der Waals surface area contributed by atoms with E-state index in [9.17, 15) is 18.9 Å². The zero-order valence-electron chi connectivity index (χ0n) is 11.8. The second kappa shape index (κ2) is 5.38. The van der Waals surface area contributed by atoms with E-state index < -0.39 is 26.4 Å². The van der Waals surface area contributed by atoms with Crippen molar-refractivity contribution in [2.45, 2.75) is 16.1 Å². The lowest BCUT2D eigenvalue weighted by molar-refractivity contribution is 0.591. The van der Waals surface area contributed by atoms with Crippen LogP contribution in [0, 0.1) is 28.1 Å². The molecule has 1 aliphatic carbocycles. The number of nitriles is 2. The zero-order valence-corrected chi connectivity index (χ0v) is 13.4. The summed E-state index contributed by atoms with van der Waals surface area (Å²) >= 11 is 5.96. The monoisotopic (exact) mass is 342 g/mol. The van der Waals surface area contributed by atoms with Crippen molar-refractivity contribution in [3.8, 4) is 12.1 Å². The van der Waals surface area contributed by atoms with Gasteiger partial charge in [0.2, 0.25) is 0 Å². The fourth-order valence-corrected chi connectivity index (χ4v) is 5.39. The number of benzene rings is 2. The number of hydrogen-bond donors (Lipinski definition) is 0. The van der Waals surface area contributed by atoms with Gasteiger partial charge in [-0.25, -0.2) is 8.42 Å². The summed E-state index contributed by atoms with van der Waals surface area (Å²) in [6.45, 7) is 0. The van der Waals surface area contributed by atoms with Crippen molar-refractivity contribution in [1.29, 1.82) is 10.5 Å². The van der Waals surface area contributed by atoms with Crippen molar-refractivity contribution in [2.24, 2.45) is 5.41 Å². The molecule has 6 heteroatoms. The molecule has 1 fully saturated rings. The quantitative estimate of drug-likeness (QED) is 0.856. The highest BCUT2D eigenvalue weighted by Crippen LogP contribution is 2.63. The highest BCUT2D eigenvalue weighted by Gasteiger charge is 2.73. The fourth-order valence-electron chi connectivity index (χ4n) is 2.97. The molecule has 0 N–H and O–H groups in total. The Balaban J connectivity index is 2.12. The molecule has 0 spiro atoms. The van der Waals surface area contributed by atoms with Crippen molar-refractivity contribution in [3.05, 3.63) is 65.2 Å². The first-order chi connectivity index (χ1) is 11.0. The molecule has 23 heavy (non-hydrogen) atoms.